The van der Waals surface area contributed by atoms with Crippen molar-refractivity contribution >= 4 is 5.69 Å². The van der Waals surface area contributed by atoms with Gasteiger partial charge in [-0.05, 0) is 38.3 Å². The smallest absolute Gasteiger partial charge is 0.0599 e. The Morgan fingerprint density at radius 1 is 1.33 bits per heavy atom. The molecule has 1 aliphatic heterocycles. The van der Waals surface area contributed by atoms with Gasteiger partial charge < -0.3 is 10.5 Å². The Labute approximate surface area is 110 Å². The standard InChI is InChI=1S/C15H24N2O/c1-3-18-14-6-8-17(9-7-14)11-13-10-12(2)4-5-15(13)16/h4-5,10,14H,3,6-9,11,16H2,1-2H3. The predicted molar refractivity (Wildman–Crippen MR) is 75.5 cm³/mol. The highest BCUT2D eigenvalue weighted by Crippen LogP contribution is 2.20. The summed E-state index contributed by atoms with van der Waals surface area (Å²) in [7, 11) is 0. The van der Waals surface area contributed by atoms with Crippen LogP contribution in [-0.4, -0.2) is 30.7 Å². The van der Waals surface area contributed by atoms with Crippen molar-refractivity contribution in [3.63, 3.8) is 0 Å². The molecule has 0 saturated carbocycles. The highest BCUT2D eigenvalue weighted by Gasteiger charge is 2.19. The van der Waals surface area contributed by atoms with E-state index in [4.69, 9.17) is 10.5 Å². The molecule has 0 aromatic heterocycles. The maximum absolute atomic E-state index is 6.03. The molecule has 0 aliphatic carbocycles. The first kappa shape index (κ1) is 13.4. The van der Waals surface area contributed by atoms with Gasteiger partial charge in [0.25, 0.3) is 0 Å². The van der Waals surface area contributed by atoms with E-state index in [2.05, 4.69) is 30.9 Å². The van der Waals surface area contributed by atoms with E-state index in [0.29, 0.717) is 6.10 Å². The number of ether oxygens (including phenoxy) is 1. The van der Waals surface area contributed by atoms with Crippen molar-refractivity contribution < 1.29 is 4.74 Å². The van der Waals surface area contributed by atoms with Gasteiger partial charge in [-0.1, -0.05) is 17.7 Å². The number of hydrogen-bond acceptors (Lipinski definition) is 3. The lowest BCUT2D eigenvalue weighted by atomic mass is 10.0. The molecule has 0 unspecified atom stereocenters. The van der Waals surface area contributed by atoms with Crippen LogP contribution in [0.5, 0.6) is 0 Å². The SMILES string of the molecule is CCOC1CCN(Cc2cc(C)ccc2N)CC1. The second kappa shape index (κ2) is 6.21. The topological polar surface area (TPSA) is 38.5 Å². The molecule has 0 spiro atoms. The third kappa shape index (κ3) is 3.47. The average Bonchev–Trinajstić information content (AvgIpc) is 2.37. The van der Waals surface area contributed by atoms with E-state index in [1.807, 2.05) is 6.07 Å². The molecule has 100 valence electrons. The molecular weight excluding hydrogens is 224 g/mol. The Morgan fingerprint density at radius 2 is 2.06 bits per heavy atom. The summed E-state index contributed by atoms with van der Waals surface area (Å²) in [5, 5.41) is 0. The molecular formula is C15H24N2O. The Kier molecular flexibility index (Phi) is 4.61. The third-order valence-electron chi connectivity index (χ3n) is 3.63. The van der Waals surface area contributed by atoms with Gasteiger partial charge in [0.15, 0.2) is 0 Å². The maximum Gasteiger partial charge on any atom is 0.0599 e. The first-order valence-corrected chi connectivity index (χ1v) is 6.88. The van der Waals surface area contributed by atoms with Gasteiger partial charge in [0.05, 0.1) is 6.10 Å². The van der Waals surface area contributed by atoms with Gasteiger partial charge in [-0.2, -0.15) is 0 Å². The fourth-order valence-corrected chi connectivity index (χ4v) is 2.58. The number of nitrogens with two attached hydrogens (primary N) is 1. The van der Waals surface area contributed by atoms with Crippen molar-refractivity contribution in [1.29, 1.82) is 0 Å². The molecule has 2 N–H and O–H groups in total. The van der Waals surface area contributed by atoms with Crippen molar-refractivity contribution in [2.45, 2.75) is 39.3 Å². The van der Waals surface area contributed by atoms with Crippen molar-refractivity contribution in [2.24, 2.45) is 0 Å². The molecule has 1 aromatic rings. The molecule has 18 heavy (non-hydrogen) atoms. The van der Waals surface area contributed by atoms with Crippen LogP contribution in [0.1, 0.15) is 30.9 Å². The molecule has 3 heteroatoms. The Balaban J connectivity index is 1.89. The second-order valence-electron chi connectivity index (χ2n) is 5.13. The highest BCUT2D eigenvalue weighted by molar-refractivity contribution is 5.48. The van der Waals surface area contributed by atoms with Gasteiger partial charge in [0.2, 0.25) is 0 Å². The van der Waals surface area contributed by atoms with Crippen molar-refractivity contribution in [3.05, 3.63) is 29.3 Å². The Bertz CT molecular complexity index is 384. The lowest BCUT2D eigenvalue weighted by molar-refractivity contribution is 0.0125. The normalized spacial score (nSPS) is 18.1. The molecule has 0 radical (unpaired) electrons. The predicted octanol–water partition coefficient (Wildman–Crippen LogP) is 2.58. The molecule has 1 heterocycles. The van der Waals surface area contributed by atoms with Crippen LogP contribution in [0, 0.1) is 6.92 Å². The fraction of sp³-hybridized carbons (Fsp3) is 0.600. The van der Waals surface area contributed by atoms with Crippen LogP contribution in [0.2, 0.25) is 0 Å². The zero-order chi connectivity index (χ0) is 13.0. The van der Waals surface area contributed by atoms with Crippen molar-refractivity contribution in [2.75, 3.05) is 25.4 Å². The van der Waals surface area contributed by atoms with E-state index in [0.717, 1.165) is 44.8 Å². The number of nitrogen functional groups attached to an aromatic ring is 1. The lowest BCUT2D eigenvalue weighted by Gasteiger charge is -2.32. The summed E-state index contributed by atoms with van der Waals surface area (Å²) in [6.45, 7) is 8.20. The number of likely N-dealkylation sites (tertiary alicyclic amines) is 1. The summed E-state index contributed by atoms with van der Waals surface area (Å²) in [5.41, 5.74) is 9.48. The van der Waals surface area contributed by atoms with Crippen molar-refractivity contribution in [1.82, 2.24) is 4.90 Å². The summed E-state index contributed by atoms with van der Waals surface area (Å²) in [6, 6.07) is 6.28. The number of rotatable bonds is 4. The van der Waals surface area contributed by atoms with Crippen LogP contribution in [0.4, 0.5) is 5.69 Å². The van der Waals surface area contributed by atoms with Gasteiger partial charge in [-0.25, -0.2) is 0 Å². The van der Waals surface area contributed by atoms with Gasteiger partial charge in [0, 0.05) is 31.9 Å². The van der Waals surface area contributed by atoms with Gasteiger partial charge in [-0.15, -0.1) is 0 Å². The quantitative estimate of drug-likeness (QED) is 0.832. The van der Waals surface area contributed by atoms with E-state index in [1.54, 1.807) is 0 Å². The van der Waals surface area contributed by atoms with Crippen molar-refractivity contribution in [3.8, 4) is 0 Å². The molecule has 2 rings (SSSR count). The number of hydrogen-bond donors (Lipinski definition) is 1. The summed E-state index contributed by atoms with van der Waals surface area (Å²) >= 11 is 0. The number of nitrogens with zero attached hydrogens (tertiary/aromatic N) is 1. The van der Waals surface area contributed by atoms with Gasteiger partial charge >= 0.3 is 0 Å². The van der Waals surface area contributed by atoms with Crippen LogP contribution in [0.3, 0.4) is 0 Å². The fourth-order valence-electron chi connectivity index (χ4n) is 2.58. The molecule has 1 aromatic carbocycles. The molecule has 0 bridgehead atoms. The summed E-state index contributed by atoms with van der Waals surface area (Å²) in [5.74, 6) is 0. The van der Waals surface area contributed by atoms with E-state index >= 15 is 0 Å². The average molecular weight is 248 g/mol. The minimum Gasteiger partial charge on any atom is -0.398 e. The molecule has 0 atom stereocenters. The van der Waals surface area contributed by atoms with Crippen LogP contribution in [-0.2, 0) is 11.3 Å². The number of piperidine rings is 1. The molecule has 1 fully saturated rings. The molecule has 0 amide bonds. The monoisotopic (exact) mass is 248 g/mol. The van der Waals surface area contributed by atoms with E-state index in [9.17, 15) is 0 Å². The maximum atomic E-state index is 6.03. The van der Waals surface area contributed by atoms with Crippen LogP contribution in [0.15, 0.2) is 18.2 Å². The van der Waals surface area contributed by atoms with Crippen LogP contribution in [0.25, 0.3) is 0 Å². The first-order valence-electron chi connectivity index (χ1n) is 6.88. The minimum atomic E-state index is 0.459. The van der Waals surface area contributed by atoms with Crippen LogP contribution >= 0.6 is 0 Å². The van der Waals surface area contributed by atoms with Crippen LogP contribution < -0.4 is 5.73 Å². The largest absolute Gasteiger partial charge is 0.398 e. The Morgan fingerprint density at radius 3 is 2.72 bits per heavy atom. The highest BCUT2D eigenvalue weighted by atomic mass is 16.5. The second-order valence-corrected chi connectivity index (χ2v) is 5.13. The number of anilines is 1. The van der Waals surface area contributed by atoms with E-state index in [-0.39, 0.29) is 0 Å². The summed E-state index contributed by atoms with van der Waals surface area (Å²) in [4.78, 5) is 2.47. The first-order chi connectivity index (χ1) is 8.69. The lowest BCUT2D eigenvalue weighted by Crippen LogP contribution is -2.36. The minimum absolute atomic E-state index is 0.459. The number of aryl methyl sites for hydroxylation is 1. The zero-order valence-corrected chi connectivity index (χ0v) is 11.5. The van der Waals surface area contributed by atoms with Gasteiger partial charge in [0.1, 0.15) is 0 Å². The van der Waals surface area contributed by atoms with E-state index in [1.165, 1.54) is 11.1 Å². The summed E-state index contributed by atoms with van der Waals surface area (Å²) < 4.78 is 5.67. The van der Waals surface area contributed by atoms with Gasteiger partial charge in [-0.3, -0.25) is 4.90 Å². The zero-order valence-electron chi connectivity index (χ0n) is 11.5. The van der Waals surface area contributed by atoms with E-state index < -0.39 is 0 Å². The molecule has 1 saturated heterocycles. The molecule has 1 aliphatic rings. The third-order valence-corrected chi connectivity index (χ3v) is 3.63. The molecule has 3 nitrogen and oxygen atoms in total. The Hall–Kier alpha value is -1.06. The number of benzene rings is 1. The summed E-state index contributed by atoms with van der Waals surface area (Å²) in [6.07, 6.45) is 2.74.